The number of hydrogen-bond donors (Lipinski definition) is 1. The zero-order valence-electron chi connectivity index (χ0n) is 10.8. The fourth-order valence-electron chi connectivity index (χ4n) is 1.83. The number of carbonyl (C=O) groups is 2. The number of rotatable bonds is 2. The second-order valence-corrected chi connectivity index (χ2v) is 4.47. The molecule has 0 saturated carbocycles. The Balaban J connectivity index is 2.09. The van der Waals surface area contributed by atoms with Gasteiger partial charge in [-0.05, 0) is 42.7 Å². The Hall–Kier alpha value is -2.36. The van der Waals surface area contributed by atoms with Crippen LogP contribution >= 0.6 is 0 Å². The van der Waals surface area contributed by atoms with Gasteiger partial charge in [0.05, 0.1) is 0 Å². The van der Waals surface area contributed by atoms with Gasteiger partial charge in [0.1, 0.15) is 0 Å². The van der Waals surface area contributed by atoms with Crippen LogP contribution in [-0.4, -0.2) is 23.3 Å². The Morgan fingerprint density at radius 2 is 2.21 bits per heavy atom. The number of hydrogen-bond acceptors (Lipinski definition) is 3. The highest BCUT2D eigenvalue weighted by Gasteiger charge is 2.18. The van der Waals surface area contributed by atoms with Crippen LogP contribution in [-0.2, 0) is 9.59 Å². The van der Waals surface area contributed by atoms with Gasteiger partial charge in [0, 0.05) is 18.3 Å². The van der Waals surface area contributed by atoms with Crippen LogP contribution in [0.5, 0.6) is 0 Å². The molecule has 0 aromatic heterocycles. The van der Waals surface area contributed by atoms with Gasteiger partial charge in [-0.15, -0.1) is 0 Å². The number of nitrogens with two attached hydrogens (primary N) is 1. The molecule has 4 heteroatoms. The summed E-state index contributed by atoms with van der Waals surface area (Å²) in [6.07, 6.45) is 6.99. The largest absolute Gasteiger partial charge is 0.398 e. The molecule has 1 aromatic carbocycles. The Kier molecular flexibility index (Phi) is 3.80. The van der Waals surface area contributed by atoms with Crippen LogP contribution in [0.4, 0.5) is 5.69 Å². The van der Waals surface area contributed by atoms with Crippen molar-refractivity contribution in [2.24, 2.45) is 0 Å². The van der Waals surface area contributed by atoms with Crippen molar-refractivity contribution in [1.29, 1.82) is 0 Å². The SMILES string of the molecule is Cc1ccc(/C=C/C(=O)N2CCC=CC2=O)cc1N. The van der Waals surface area contributed by atoms with Crippen LogP contribution in [0.25, 0.3) is 6.08 Å². The molecule has 0 fully saturated rings. The van der Waals surface area contributed by atoms with Crippen LogP contribution < -0.4 is 5.73 Å². The molecule has 1 aromatic rings. The lowest BCUT2D eigenvalue weighted by atomic mass is 10.1. The van der Waals surface area contributed by atoms with Crippen molar-refractivity contribution in [2.75, 3.05) is 12.3 Å². The molecule has 2 N–H and O–H groups in total. The highest BCUT2D eigenvalue weighted by atomic mass is 16.2. The minimum atomic E-state index is -0.298. The predicted molar refractivity (Wildman–Crippen MR) is 75.1 cm³/mol. The summed E-state index contributed by atoms with van der Waals surface area (Å²) >= 11 is 0. The third-order valence-electron chi connectivity index (χ3n) is 3.03. The predicted octanol–water partition coefficient (Wildman–Crippen LogP) is 1.91. The van der Waals surface area contributed by atoms with Gasteiger partial charge in [0.2, 0.25) is 0 Å². The summed E-state index contributed by atoms with van der Waals surface area (Å²) in [5.41, 5.74) is 8.33. The summed E-state index contributed by atoms with van der Waals surface area (Å²) in [5.74, 6) is -0.558. The van der Waals surface area contributed by atoms with Gasteiger partial charge in [-0.1, -0.05) is 18.2 Å². The second-order valence-electron chi connectivity index (χ2n) is 4.47. The molecule has 0 saturated heterocycles. The molecule has 0 atom stereocenters. The standard InChI is InChI=1S/C15H16N2O2/c1-11-5-6-12(10-13(11)16)7-8-15(19)17-9-3-2-4-14(17)18/h2,4-8,10H,3,9,16H2,1H3/b8-7+. The minimum absolute atomic E-state index is 0.260. The molecule has 1 heterocycles. The summed E-state index contributed by atoms with van der Waals surface area (Å²) in [6, 6.07) is 5.58. The molecule has 0 aliphatic carbocycles. The molecule has 19 heavy (non-hydrogen) atoms. The highest BCUT2D eigenvalue weighted by molar-refractivity contribution is 6.06. The van der Waals surface area contributed by atoms with Crippen molar-refractivity contribution in [3.8, 4) is 0 Å². The molecule has 98 valence electrons. The second kappa shape index (κ2) is 5.52. The number of aryl methyl sites for hydroxylation is 1. The van der Waals surface area contributed by atoms with Crippen LogP contribution in [0.2, 0.25) is 0 Å². The molecule has 0 unspecified atom stereocenters. The van der Waals surface area contributed by atoms with E-state index in [2.05, 4.69) is 0 Å². The molecule has 4 nitrogen and oxygen atoms in total. The first-order valence-electron chi connectivity index (χ1n) is 6.14. The Morgan fingerprint density at radius 1 is 1.42 bits per heavy atom. The molecule has 1 aliphatic heterocycles. The lowest BCUT2D eigenvalue weighted by molar-refractivity contribution is -0.139. The molecule has 2 amide bonds. The number of nitrogens with zero attached hydrogens (tertiary/aromatic N) is 1. The summed E-state index contributed by atoms with van der Waals surface area (Å²) in [7, 11) is 0. The zero-order valence-corrected chi connectivity index (χ0v) is 10.8. The van der Waals surface area contributed by atoms with Crippen LogP contribution in [0.3, 0.4) is 0 Å². The van der Waals surface area contributed by atoms with E-state index < -0.39 is 0 Å². The van der Waals surface area contributed by atoms with E-state index in [0.717, 1.165) is 11.1 Å². The van der Waals surface area contributed by atoms with Gasteiger partial charge < -0.3 is 5.73 Å². The monoisotopic (exact) mass is 256 g/mol. The maximum Gasteiger partial charge on any atom is 0.253 e. The maximum absolute atomic E-state index is 11.9. The van der Waals surface area contributed by atoms with Gasteiger partial charge in [0.25, 0.3) is 11.8 Å². The van der Waals surface area contributed by atoms with E-state index in [1.165, 1.54) is 17.1 Å². The zero-order chi connectivity index (χ0) is 13.8. The lowest BCUT2D eigenvalue weighted by Crippen LogP contribution is -2.37. The summed E-state index contributed by atoms with van der Waals surface area (Å²) in [6.45, 7) is 2.36. The van der Waals surface area contributed by atoms with E-state index in [9.17, 15) is 9.59 Å². The van der Waals surface area contributed by atoms with E-state index in [1.54, 1.807) is 18.2 Å². The average Bonchev–Trinajstić information content (AvgIpc) is 2.40. The molecule has 1 aliphatic rings. The molecule has 2 rings (SSSR count). The van der Waals surface area contributed by atoms with Gasteiger partial charge in [-0.25, -0.2) is 0 Å². The third kappa shape index (κ3) is 3.10. The Morgan fingerprint density at radius 3 is 2.89 bits per heavy atom. The Labute approximate surface area is 112 Å². The Bertz CT molecular complexity index is 574. The first-order chi connectivity index (χ1) is 9.08. The van der Waals surface area contributed by atoms with Crippen LogP contribution in [0, 0.1) is 6.92 Å². The molecule has 0 spiro atoms. The average molecular weight is 256 g/mol. The number of benzene rings is 1. The van der Waals surface area contributed by atoms with Crippen molar-refractivity contribution < 1.29 is 9.59 Å². The summed E-state index contributed by atoms with van der Waals surface area (Å²) in [5, 5.41) is 0. The smallest absolute Gasteiger partial charge is 0.253 e. The fraction of sp³-hybridized carbons (Fsp3) is 0.200. The summed E-state index contributed by atoms with van der Waals surface area (Å²) < 4.78 is 0. The van der Waals surface area contributed by atoms with E-state index in [4.69, 9.17) is 5.73 Å². The highest BCUT2D eigenvalue weighted by Crippen LogP contribution is 2.14. The quantitative estimate of drug-likeness (QED) is 0.649. The normalized spacial score (nSPS) is 15.2. The number of nitrogen functional groups attached to an aromatic ring is 1. The van der Waals surface area contributed by atoms with E-state index in [0.29, 0.717) is 18.7 Å². The number of carbonyl (C=O) groups excluding carboxylic acids is 2. The minimum Gasteiger partial charge on any atom is -0.398 e. The van der Waals surface area contributed by atoms with Gasteiger partial charge >= 0.3 is 0 Å². The van der Waals surface area contributed by atoms with Crippen molar-refractivity contribution in [1.82, 2.24) is 4.90 Å². The number of amides is 2. The molecular weight excluding hydrogens is 240 g/mol. The summed E-state index contributed by atoms with van der Waals surface area (Å²) in [4.78, 5) is 24.6. The number of imide groups is 1. The van der Waals surface area contributed by atoms with E-state index in [-0.39, 0.29) is 11.8 Å². The maximum atomic E-state index is 11.9. The van der Waals surface area contributed by atoms with Crippen molar-refractivity contribution in [3.63, 3.8) is 0 Å². The van der Waals surface area contributed by atoms with Gasteiger partial charge in [0.15, 0.2) is 0 Å². The first-order valence-corrected chi connectivity index (χ1v) is 6.14. The number of anilines is 1. The third-order valence-corrected chi connectivity index (χ3v) is 3.03. The van der Waals surface area contributed by atoms with Crippen molar-refractivity contribution in [2.45, 2.75) is 13.3 Å². The van der Waals surface area contributed by atoms with Crippen LogP contribution in [0.1, 0.15) is 17.5 Å². The topological polar surface area (TPSA) is 63.4 Å². The van der Waals surface area contributed by atoms with Crippen molar-refractivity contribution in [3.05, 3.63) is 47.6 Å². The lowest BCUT2D eigenvalue weighted by Gasteiger charge is -2.19. The van der Waals surface area contributed by atoms with Crippen LogP contribution in [0.15, 0.2) is 36.4 Å². The van der Waals surface area contributed by atoms with Crippen molar-refractivity contribution >= 4 is 23.6 Å². The fourth-order valence-corrected chi connectivity index (χ4v) is 1.83. The molecule has 0 bridgehead atoms. The van der Waals surface area contributed by atoms with Gasteiger partial charge in [-0.3, -0.25) is 14.5 Å². The van der Waals surface area contributed by atoms with E-state index >= 15 is 0 Å². The van der Waals surface area contributed by atoms with E-state index in [1.807, 2.05) is 19.1 Å². The van der Waals surface area contributed by atoms with Gasteiger partial charge in [-0.2, -0.15) is 0 Å². The molecule has 0 radical (unpaired) electrons. The first kappa shape index (κ1) is 13.1. The molecular formula is C15H16N2O2.